The number of rotatable bonds is 9. The fourth-order valence-corrected chi connectivity index (χ4v) is 1.09. The average molecular weight is 228 g/mol. The molecule has 16 heavy (non-hydrogen) atoms. The highest BCUT2D eigenvalue weighted by Crippen LogP contribution is 1.99. The van der Waals surface area contributed by atoms with Gasteiger partial charge >= 0.3 is 5.97 Å². The van der Waals surface area contributed by atoms with Gasteiger partial charge in [0.25, 0.3) is 0 Å². The van der Waals surface area contributed by atoms with Crippen LogP contribution in [0.4, 0.5) is 0 Å². The molecule has 2 atom stereocenters. The van der Waals surface area contributed by atoms with E-state index in [0.29, 0.717) is 19.4 Å². The van der Waals surface area contributed by atoms with Gasteiger partial charge in [0, 0.05) is 13.0 Å². The average Bonchev–Trinajstić information content (AvgIpc) is 2.23. The largest absolute Gasteiger partial charge is 0.480 e. The lowest BCUT2D eigenvalue weighted by molar-refractivity contribution is -0.138. The summed E-state index contributed by atoms with van der Waals surface area (Å²) in [5.41, 5.74) is 8.13. The summed E-state index contributed by atoms with van der Waals surface area (Å²) in [7, 11) is 0. The van der Waals surface area contributed by atoms with Gasteiger partial charge in [0.1, 0.15) is 6.04 Å². The Morgan fingerprint density at radius 3 is 2.88 bits per heavy atom. The third kappa shape index (κ3) is 8.24. The lowest BCUT2D eigenvalue weighted by Gasteiger charge is -2.11. The van der Waals surface area contributed by atoms with E-state index in [1.165, 1.54) is 0 Å². The Balaban J connectivity index is 3.28. The summed E-state index contributed by atoms with van der Waals surface area (Å²) in [4.78, 5) is 15.6. The second kappa shape index (κ2) is 9.16. The van der Waals surface area contributed by atoms with E-state index in [4.69, 9.17) is 22.1 Å². The highest BCUT2D eigenvalue weighted by molar-refractivity contribution is 5.72. The molecule has 0 aliphatic rings. The molecule has 0 aliphatic heterocycles. The molecule has 0 amide bonds. The van der Waals surface area contributed by atoms with Gasteiger partial charge in [-0.25, -0.2) is 5.48 Å². The van der Waals surface area contributed by atoms with Crippen LogP contribution < -0.4 is 11.2 Å². The summed E-state index contributed by atoms with van der Waals surface area (Å²) in [6.45, 7) is 2.55. The first-order valence-corrected chi connectivity index (χ1v) is 5.38. The molecule has 0 saturated carbocycles. The molecule has 0 aromatic carbocycles. The maximum absolute atomic E-state index is 10.4. The van der Waals surface area contributed by atoms with Crippen molar-refractivity contribution in [3.05, 3.63) is 0 Å². The van der Waals surface area contributed by atoms with Crippen molar-refractivity contribution in [2.45, 2.75) is 44.8 Å². The predicted molar refractivity (Wildman–Crippen MR) is 61.5 cm³/mol. The second-order valence-electron chi connectivity index (χ2n) is 3.67. The SMILES string of the molecule is C#CCC(C)ONCCCCC(N)C(=O)O. The molecule has 2 unspecified atom stereocenters. The lowest BCUT2D eigenvalue weighted by Crippen LogP contribution is -2.30. The van der Waals surface area contributed by atoms with E-state index >= 15 is 0 Å². The second-order valence-corrected chi connectivity index (χ2v) is 3.67. The normalized spacial score (nSPS) is 14.1. The number of nitrogens with one attached hydrogen (secondary N) is 1. The summed E-state index contributed by atoms with van der Waals surface area (Å²) in [6, 6.07) is -0.763. The third-order valence-corrected chi connectivity index (χ3v) is 2.05. The van der Waals surface area contributed by atoms with Gasteiger partial charge in [-0.3, -0.25) is 9.63 Å². The van der Waals surface area contributed by atoms with Crippen molar-refractivity contribution in [2.24, 2.45) is 5.73 Å². The molecule has 0 saturated heterocycles. The number of hydrogen-bond donors (Lipinski definition) is 3. The van der Waals surface area contributed by atoms with Gasteiger partial charge in [-0.1, -0.05) is 0 Å². The number of aliphatic carboxylic acids is 1. The van der Waals surface area contributed by atoms with Crippen LogP contribution in [0, 0.1) is 12.3 Å². The number of carboxylic acid groups (broad SMARTS) is 1. The molecule has 92 valence electrons. The van der Waals surface area contributed by atoms with E-state index in [2.05, 4.69) is 11.4 Å². The predicted octanol–water partition coefficient (Wildman–Crippen LogP) is 0.502. The van der Waals surface area contributed by atoms with E-state index in [9.17, 15) is 4.79 Å². The highest BCUT2D eigenvalue weighted by atomic mass is 16.7. The zero-order chi connectivity index (χ0) is 12.4. The monoisotopic (exact) mass is 228 g/mol. The quantitative estimate of drug-likeness (QED) is 0.304. The van der Waals surface area contributed by atoms with Crippen LogP contribution in [-0.4, -0.2) is 29.8 Å². The van der Waals surface area contributed by atoms with Crippen LogP contribution >= 0.6 is 0 Å². The number of hydrogen-bond acceptors (Lipinski definition) is 4. The fraction of sp³-hybridized carbons (Fsp3) is 0.727. The zero-order valence-corrected chi connectivity index (χ0v) is 9.61. The zero-order valence-electron chi connectivity index (χ0n) is 9.61. The van der Waals surface area contributed by atoms with Gasteiger partial charge in [0.15, 0.2) is 0 Å². The lowest BCUT2D eigenvalue weighted by atomic mass is 10.1. The molecule has 5 nitrogen and oxygen atoms in total. The van der Waals surface area contributed by atoms with Crippen LogP contribution in [0.3, 0.4) is 0 Å². The number of hydroxylamine groups is 1. The topological polar surface area (TPSA) is 84.6 Å². The Morgan fingerprint density at radius 1 is 1.62 bits per heavy atom. The number of unbranched alkanes of at least 4 members (excludes halogenated alkanes) is 1. The van der Waals surface area contributed by atoms with Crippen molar-refractivity contribution in [3.63, 3.8) is 0 Å². The van der Waals surface area contributed by atoms with Crippen LogP contribution in [-0.2, 0) is 9.63 Å². The maximum Gasteiger partial charge on any atom is 0.320 e. The molecule has 0 aliphatic carbocycles. The summed E-state index contributed by atoms with van der Waals surface area (Å²) < 4.78 is 0. The molecular formula is C11H20N2O3. The first-order chi connectivity index (χ1) is 7.57. The van der Waals surface area contributed by atoms with E-state index in [1.807, 2.05) is 6.92 Å². The Labute approximate surface area is 96.3 Å². The van der Waals surface area contributed by atoms with Crippen LogP contribution in [0.15, 0.2) is 0 Å². The van der Waals surface area contributed by atoms with Gasteiger partial charge in [-0.2, -0.15) is 0 Å². The van der Waals surface area contributed by atoms with Crippen molar-refractivity contribution in [3.8, 4) is 12.3 Å². The van der Waals surface area contributed by atoms with Gasteiger partial charge in [0.2, 0.25) is 0 Å². The van der Waals surface area contributed by atoms with E-state index < -0.39 is 12.0 Å². The van der Waals surface area contributed by atoms with Gasteiger partial charge < -0.3 is 10.8 Å². The van der Waals surface area contributed by atoms with E-state index in [-0.39, 0.29) is 6.10 Å². The Bertz CT molecular complexity index is 238. The Morgan fingerprint density at radius 2 is 2.31 bits per heavy atom. The molecule has 0 spiro atoms. The minimum Gasteiger partial charge on any atom is -0.480 e. The molecule has 0 fully saturated rings. The van der Waals surface area contributed by atoms with Crippen LogP contribution in [0.25, 0.3) is 0 Å². The summed E-state index contributed by atoms with van der Waals surface area (Å²) in [6.07, 6.45) is 7.74. The summed E-state index contributed by atoms with van der Waals surface area (Å²) in [5, 5.41) is 8.53. The third-order valence-electron chi connectivity index (χ3n) is 2.05. The molecule has 0 bridgehead atoms. The van der Waals surface area contributed by atoms with Gasteiger partial charge in [0.05, 0.1) is 6.10 Å². The van der Waals surface area contributed by atoms with E-state index in [1.54, 1.807) is 0 Å². The van der Waals surface area contributed by atoms with Crippen molar-refractivity contribution < 1.29 is 14.7 Å². The molecule has 0 aromatic rings. The number of carboxylic acids is 1. The van der Waals surface area contributed by atoms with Crippen LogP contribution in [0.2, 0.25) is 0 Å². The van der Waals surface area contributed by atoms with Crippen molar-refractivity contribution >= 4 is 5.97 Å². The molecule has 0 heterocycles. The smallest absolute Gasteiger partial charge is 0.320 e. The Kier molecular flexibility index (Phi) is 8.53. The fourth-order valence-electron chi connectivity index (χ4n) is 1.09. The number of carbonyl (C=O) groups is 1. The van der Waals surface area contributed by atoms with Crippen molar-refractivity contribution in [2.75, 3.05) is 6.54 Å². The van der Waals surface area contributed by atoms with Gasteiger partial charge in [-0.15, -0.1) is 12.3 Å². The molecule has 5 heteroatoms. The molecule has 4 N–H and O–H groups in total. The maximum atomic E-state index is 10.4. The van der Waals surface area contributed by atoms with Crippen molar-refractivity contribution in [1.82, 2.24) is 5.48 Å². The van der Waals surface area contributed by atoms with Crippen LogP contribution in [0.1, 0.15) is 32.6 Å². The number of nitrogens with two attached hydrogens (primary N) is 1. The molecule has 0 rings (SSSR count). The first-order valence-electron chi connectivity index (χ1n) is 5.38. The van der Waals surface area contributed by atoms with Crippen molar-refractivity contribution in [1.29, 1.82) is 0 Å². The number of terminal acetylenes is 1. The molecular weight excluding hydrogens is 208 g/mol. The first kappa shape index (κ1) is 14.9. The molecule has 0 aromatic heterocycles. The Hall–Kier alpha value is -1.09. The standard InChI is InChI=1S/C11H20N2O3/c1-3-6-9(2)16-13-8-5-4-7-10(12)11(14)15/h1,9-10,13H,4-8,12H2,2H3,(H,14,15). The minimum absolute atomic E-state index is 0.00808. The van der Waals surface area contributed by atoms with E-state index in [0.717, 1.165) is 12.8 Å². The van der Waals surface area contributed by atoms with Gasteiger partial charge in [-0.05, 0) is 26.2 Å². The summed E-state index contributed by atoms with van der Waals surface area (Å²) in [5.74, 6) is 1.55. The van der Waals surface area contributed by atoms with Crippen LogP contribution in [0.5, 0.6) is 0 Å². The molecule has 0 radical (unpaired) electrons. The highest BCUT2D eigenvalue weighted by Gasteiger charge is 2.09. The summed E-state index contributed by atoms with van der Waals surface area (Å²) >= 11 is 0. The minimum atomic E-state index is -0.952.